The Hall–Kier alpha value is -2.22. The molecule has 1 aromatic rings. The zero-order chi connectivity index (χ0) is 17.2. The molecule has 1 aromatic carbocycles. The highest BCUT2D eigenvalue weighted by atomic mass is 19.3. The number of alkyl halides is 2. The van der Waals surface area contributed by atoms with Crippen LogP contribution in [0, 0.1) is 0 Å². The van der Waals surface area contributed by atoms with Gasteiger partial charge in [-0.05, 0) is 31.2 Å². The Balaban J connectivity index is 2.39. The van der Waals surface area contributed by atoms with Crippen molar-refractivity contribution in [1.29, 1.82) is 0 Å². The van der Waals surface area contributed by atoms with Crippen LogP contribution in [-0.4, -0.2) is 43.6 Å². The third-order valence-electron chi connectivity index (χ3n) is 2.80. The Morgan fingerprint density at radius 2 is 1.91 bits per heavy atom. The van der Waals surface area contributed by atoms with Crippen LogP contribution < -0.4 is 15.4 Å². The minimum Gasteiger partial charge on any atom is -0.435 e. The van der Waals surface area contributed by atoms with E-state index >= 15 is 0 Å². The van der Waals surface area contributed by atoms with E-state index in [-0.39, 0.29) is 12.3 Å². The molecule has 0 saturated carbocycles. The molecule has 0 aromatic heterocycles. The molecule has 0 aliphatic heterocycles. The van der Waals surface area contributed by atoms with Crippen molar-refractivity contribution in [3.05, 3.63) is 29.8 Å². The van der Waals surface area contributed by atoms with Crippen LogP contribution in [-0.2, 0) is 11.3 Å². The Morgan fingerprint density at radius 1 is 1.26 bits per heavy atom. The molecule has 0 radical (unpaired) electrons. The van der Waals surface area contributed by atoms with E-state index in [1.54, 1.807) is 24.1 Å². The van der Waals surface area contributed by atoms with E-state index in [0.29, 0.717) is 13.1 Å². The highest BCUT2D eigenvalue weighted by Gasteiger charge is 2.11. The second kappa shape index (κ2) is 9.73. The number of nitrogens with zero attached hydrogens (tertiary/aromatic N) is 1. The maximum Gasteiger partial charge on any atom is 0.387 e. The second-order valence-corrected chi connectivity index (χ2v) is 5.00. The monoisotopic (exact) mass is 329 g/mol. The molecule has 0 saturated heterocycles. The molecule has 1 rings (SSSR count). The van der Waals surface area contributed by atoms with Gasteiger partial charge in [-0.25, -0.2) is 4.79 Å². The van der Waals surface area contributed by atoms with Crippen molar-refractivity contribution in [1.82, 2.24) is 15.5 Å². The number of ether oxygens (including phenoxy) is 1. The summed E-state index contributed by atoms with van der Waals surface area (Å²) in [6.45, 7) is 0.0228. The predicted octanol–water partition coefficient (Wildman–Crippen LogP) is 1.96. The van der Waals surface area contributed by atoms with Gasteiger partial charge < -0.3 is 10.1 Å². The van der Waals surface area contributed by atoms with Crippen LogP contribution in [0.2, 0.25) is 0 Å². The highest BCUT2D eigenvalue weighted by Crippen LogP contribution is 2.15. The van der Waals surface area contributed by atoms with Crippen molar-refractivity contribution >= 4 is 11.9 Å². The number of amides is 3. The molecule has 8 heteroatoms. The van der Waals surface area contributed by atoms with Crippen molar-refractivity contribution in [2.75, 3.05) is 20.1 Å². The first-order valence-electron chi connectivity index (χ1n) is 7.20. The van der Waals surface area contributed by atoms with Crippen molar-refractivity contribution in [3.63, 3.8) is 0 Å². The normalized spacial score (nSPS) is 10.7. The molecule has 0 unspecified atom stereocenters. The molecule has 0 heterocycles. The first-order chi connectivity index (χ1) is 10.9. The molecule has 2 N–H and O–H groups in total. The summed E-state index contributed by atoms with van der Waals surface area (Å²) in [5.41, 5.74) is 0.831. The average molecular weight is 329 g/mol. The molecular formula is C15H21F2N3O3. The molecule has 0 bridgehead atoms. The number of imide groups is 1. The van der Waals surface area contributed by atoms with Crippen molar-refractivity contribution in [3.8, 4) is 5.75 Å². The Labute approximate surface area is 133 Å². The van der Waals surface area contributed by atoms with E-state index in [1.165, 1.54) is 12.1 Å². The Kier molecular flexibility index (Phi) is 7.96. The highest BCUT2D eigenvalue weighted by molar-refractivity contribution is 5.95. The number of nitrogens with one attached hydrogen (secondary N) is 2. The number of halogens is 2. The van der Waals surface area contributed by atoms with Crippen molar-refractivity contribution < 1.29 is 23.1 Å². The lowest BCUT2D eigenvalue weighted by Gasteiger charge is -2.16. The minimum atomic E-state index is -2.86. The van der Waals surface area contributed by atoms with E-state index in [4.69, 9.17) is 0 Å². The lowest BCUT2D eigenvalue weighted by molar-refractivity contribution is -0.121. The fourth-order valence-electron chi connectivity index (χ4n) is 1.84. The largest absolute Gasteiger partial charge is 0.435 e. The summed E-state index contributed by atoms with van der Waals surface area (Å²) in [5.74, 6) is -0.338. The average Bonchev–Trinajstić information content (AvgIpc) is 2.46. The van der Waals surface area contributed by atoms with Gasteiger partial charge in [-0.15, -0.1) is 0 Å². The number of urea groups is 1. The van der Waals surface area contributed by atoms with Crippen LogP contribution in [0.25, 0.3) is 0 Å². The number of hydrogen-bond donors (Lipinski definition) is 2. The van der Waals surface area contributed by atoms with Gasteiger partial charge in [0.05, 0.1) is 6.54 Å². The van der Waals surface area contributed by atoms with Crippen LogP contribution in [0.15, 0.2) is 24.3 Å². The lowest BCUT2D eigenvalue weighted by atomic mass is 10.2. The lowest BCUT2D eigenvalue weighted by Crippen LogP contribution is -2.43. The van der Waals surface area contributed by atoms with E-state index in [2.05, 4.69) is 15.4 Å². The summed E-state index contributed by atoms with van der Waals surface area (Å²) in [6, 6.07) is 5.64. The van der Waals surface area contributed by atoms with Gasteiger partial charge in [0.25, 0.3) is 0 Å². The van der Waals surface area contributed by atoms with Gasteiger partial charge in [0, 0.05) is 13.1 Å². The van der Waals surface area contributed by atoms with Gasteiger partial charge >= 0.3 is 12.6 Å². The van der Waals surface area contributed by atoms with E-state index in [1.807, 2.05) is 6.92 Å². The fourth-order valence-corrected chi connectivity index (χ4v) is 1.84. The summed E-state index contributed by atoms with van der Waals surface area (Å²) >= 11 is 0. The van der Waals surface area contributed by atoms with Gasteiger partial charge in [0.2, 0.25) is 5.91 Å². The molecule has 23 heavy (non-hydrogen) atoms. The van der Waals surface area contributed by atoms with Gasteiger partial charge in [-0.2, -0.15) is 8.78 Å². The topological polar surface area (TPSA) is 70.7 Å². The summed E-state index contributed by atoms with van der Waals surface area (Å²) in [6.07, 6.45) is 0.785. The van der Waals surface area contributed by atoms with Crippen LogP contribution >= 0.6 is 0 Å². The maximum absolute atomic E-state index is 12.0. The number of rotatable bonds is 8. The molecular weight excluding hydrogens is 308 g/mol. The third kappa shape index (κ3) is 8.10. The van der Waals surface area contributed by atoms with E-state index in [0.717, 1.165) is 12.0 Å². The van der Waals surface area contributed by atoms with Crippen molar-refractivity contribution in [2.24, 2.45) is 0 Å². The first kappa shape index (κ1) is 18.8. The quantitative estimate of drug-likeness (QED) is 0.765. The summed E-state index contributed by atoms with van der Waals surface area (Å²) in [5, 5.41) is 4.77. The number of carbonyl (C=O) groups excluding carboxylic acids is 2. The summed E-state index contributed by atoms with van der Waals surface area (Å²) in [4.78, 5) is 24.7. The molecule has 6 nitrogen and oxygen atoms in total. The molecule has 0 aliphatic carbocycles. The standard InChI is InChI=1S/C15H21F2N3O3/c1-3-8-18-15(22)19-13(21)10-20(2)9-11-4-6-12(7-5-11)23-14(16)17/h4-7,14H,3,8-10H2,1-2H3,(H2,18,19,21,22). The SMILES string of the molecule is CCCNC(=O)NC(=O)CN(C)Cc1ccc(OC(F)F)cc1. The zero-order valence-corrected chi connectivity index (χ0v) is 13.1. The smallest absolute Gasteiger partial charge is 0.387 e. The molecule has 0 atom stereocenters. The van der Waals surface area contributed by atoms with E-state index in [9.17, 15) is 18.4 Å². The Bertz CT molecular complexity index is 509. The van der Waals surface area contributed by atoms with Gasteiger partial charge in [0.1, 0.15) is 5.75 Å². The molecule has 128 valence electrons. The molecule has 3 amide bonds. The zero-order valence-electron chi connectivity index (χ0n) is 13.1. The van der Waals surface area contributed by atoms with Crippen molar-refractivity contribution in [2.45, 2.75) is 26.5 Å². The van der Waals surface area contributed by atoms with Crippen LogP contribution in [0.1, 0.15) is 18.9 Å². The van der Waals surface area contributed by atoms with E-state index < -0.39 is 18.5 Å². The predicted molar refractivity (Wildman–Crippen MR) is 81.2 cm³/mol. The molecule has 0 spiro atoms. The van der Waals surface area contributed by atoms with Gasteiger partial charge in [0.15, 0.2) is 0 Å². The van der Waals surface area contributed by atoms with Crippen LogP contribution in [0.4, 0.5) is 13.6 Å². The van der Waals surface area contributed by atoms with Crippen LogP contribution in [0.5, 0.6) is 5.75 Å². The molecule has 0 aliphatic rings. The third-order valence-corrected chi connectivity index (χ3v) is 2.80. The number of carbonyl (C=O) groups is 2. The maximum atomic E-state index is 12.0. The Morgan fingerprint density at radius 3 is 2.48 bits per heavy atom. The molecule has 0 fully saturated rings. The number of hydrogen-bond acceptors (Lipinski definition) is 4. The van der Waals surface area contributed by atoms with Gasteiger partial charge in [-0.3, -0.25) is 15.0 Å². The van der Waals surface area contributed by atoms with Crippen LogP contribution in [0.3, 0.4) is 0 Å². The minimum absolute atomic E-state index is 0.0365. The summed E-state index contributed by atoms with van der Waals surface area (Å²) < 4.78 is 28.4. The van der Waals surface area contributed by atoms with Gasteiger partial charge in [-0.1, -0.05) is 19.1 Å². The summed E-state index contributed by atoms with van der Waals surface area (Å²) in [7, 11) is 1.72. The fraction of sp³-hybridized carbons (Fsp3) is 0.467. The number of likely N-dealkylation sites (N-methyl/N-ethyl adjacent to an activating group) is 1. The second-order valence-electron chi connectivity index (χ2n) is 5.00. The first-order valence-corrected chi connectivity index (χ1v) is 7.20. The number of benzene rings is 1.